The Bertz CT molecular complexity index is 299. The number of hydrogen-bond acceptors (Lipinski definition) is 2. The highest BCUT2D eigenvalue weighted by Gasteiger charge is 2.46. The van der Waals surface area contributed by atoms with Crippen molar-refractivity contribution >= 4 is 5.91 Å². The van der Waals surface area contributed by atoms with Gasteiger partial charge in [-0.3, -0.25) is 4.79 Å². The summed E-state index contributed by atoms with van der Waals surface area (Å²) in [7, 11) is 0. The van der Waals surface area contributed by atoms with Crippen molar-refractivity contribution in [2.24, 2.45) is 17.1 Å². The molecule has 3 heteroatoms. The quantitative estimate of drug-likeness (QED) is 0.819. The molecule has 1 heterocycles. The predicted molar refractivity (Wildman–Crippen MR) is 69.5 cm³/mol. The molecule has 1 saturated heterocycles. The molecule has 0 aromatic heterocycles. The van der Waals surface area contributed by atoms with Gasteiger partial charge in [-0.05, 0) is 43.9 Å². The maximum atomic E-state index is 12.4. The first-order chi connectivity index (χ1) is 7.89. The van der Waals surface area contributed by atoms with Gasteiger partial charge in [0.05, 0.1) is 5.54 Å². The Morgan fingerprint density at radius 3 is 2.35 bits per heavy atom. The summed E-state index contributed by atoms with van der Waals surface area (Å²) >= 11 is 0. The third-order valence-corrected chi connectivity index (χ3v) is 5.00. The number of amides is 1. The molecular formula is C14H26N2O. The molecule has 0 radical (unpaired) electrons. The highest BCUT2D eigenvalue weighted by atomic mass is 16.2. The molecule has 1 atom stereocenters. The number of carbonyl (C=O) groups is 1. The van der Waals surface area contributed by atoms with Crippen molar-refractivity contribution in [2.75, 3.05) is 13.1 Å². The Hall–Kier alpha value is -0.570. The second-order valence-corrected chi connectivity index (χ2v) is 6.51. The van der Waals surface area contributed by atoms with E-state index in [1.165, 1.54) is 6.42 Å². The van der Waals surface area contributed by atoms with Gasteiger partial charge in [0.2, 0.25) is 5.91 Å². The van der Waals surface area contributed by atoms with Gasteiger partial charge in [-0.2, -0.15) is 0 Å². The van der Waals surface area contributed by atoms with Crippen molar-refractivity contribution in [3.05, 3.63) is 0 Å². The highest BCUT2D eigenvalue weighted by Crippen LogP contribution is 2.40. The number of carbonyl (C=O) groups excluding carboxylic acids is 1. The van der Waals surface area contributed by atoms with E-state index in [0.717, 1.165) is 38.8 Å². The lowest BCUT2D eigenvalue weighted by atomic mass is 9.78. The van der Waals surface area contributed by atoms with Crippen LogP contribution in [0.3, 0.4) is 0 Å². The largest absolute Gasteiger partial charge is 0.341 e. The van der Waals surface area contributed by atoms with Gasteiger partial charge in [0.1, 0.15) is 0 Å². The van der Waals surface area contributed by atoms with Gasteiger partial charge in [-0.15, -0.1) is 0 Å². The van der Waals surface area contributed by atoms with Crippen molar-refractivity contribution in [3.63, 3.8) is 0 Å². The first-order valence-electron chi connectivity index (χ1n) is 6.97. The number of piperidine rings is 1. The summed E-state index contributed by atoms with van der Waals surface area (Å²) in [4.78, 5) is 14.4. The molecule has 2 N–H and O–H groups in total. The lowest BCUT2D eigenvalue weighted by molar-refractivity contribution is -0.139. The zero-order valence-electron chi connectivity index (χ0n) is 11.5. The molecule has 3 nitrogen and oxygen atoms in total. The van der Waals surface area contributed by atoms with Gasteiger partial charge in [-0.1, -0.05) is 20.3 Å². The molecule has 2 rings (SSSR count). The molecule has 0 spiro atoms. The number of rotatable bonds is 3. The molecule has 1 aliphatic carbocycles. The van der Waals surface area contributed by atoms with Crippen LogP contribution in [0.15, 0.2) is 0 Å². The van der Waals surface area contributed by atoms with Crippen LogP contribution in [0.25, 0.3) is 0 Å². The highest BCUT2D eigenvalue weighted by molar-refractivity contribution is 5.86. The minimum atomic E-state index is -0.611. The van der Waals surface area contributed by atoms with E-state index in [4.69, 9.17) is 5.73 Å². The fraction of sp³-hybridized carbons (Fsp3) is 0.929. The average Bonchev–Trinajstić information content (AvgIpc) is 3.13. The smallest absolute Gasteiger partial charge is 0.242 e. The Balaban J connectivity index is 1.94. The van der Waals surface area contributed by atoms with Gasteiger partial charge in [0.15, 0.2) is 0 Å². The first-order valence-corrected chi connectivity index (χ1v) is 6.97. The Morgan fingerprint density at radius 1 is 1.41 bits per heavy atom. The molecule has 2 fully saturated rings. The Labute approximate surface area is 105 Å². The molecule has 2 aliphatic rings. The van der Waals surface area contributed by atoms with E-state index in [2.05, 4.69) is 13.8 Å². The molecule has 98 valence electrons. The van der Waals surface area contributed by atoms with E-state index in [1.807, 2.05) is 11.8 Å². The zero-order chi connectivity index (χ0) is 12.7. The molecule has 0 aromatic rings. The molecule has 17 heavy (non-hydrogen) atoms. The van der Waals surface area contributed by atoms with Crippen LogP contribution in [-0.4, -0.2) is 29.4 Å². The lowest BCUT2D eigenvalue weighted by Gasteiger charge is -2.41. The summed E-state index contributed by atoms with van der Waals surface area (Å²) in [6.07, 6.45) is 5.70. The predicted octanol–water partition coefficient (Wildman–Crippen LogP) is 2.15. The molecule has 1 amide bonds. The van der Waals surface area contributed by atoms with Crippen molar-refractivity contribution < 1.29 is 4.79 Å². The van der Waals surface area contributed by atoms with Crippen molar-refractivity contribution in [2.45, 2.75) is 58.4 Å². The first kappa shape index (κ1) is 12.9. The molecule has 1 aliphatic heterocycles. The van der Waals surface area contributed by atoms with E-state index in [9.17, 15) is 4.79 Å². The van der Waals surface area contributed by atoms with E-state index in [1.54, 1.807) is 0 Å². The summed E-state index contributed by atoms with van der Waals surface area (Å²) in [6, 6.07) is 0. The summed E-state index contributed by atoms with van der Waals surface area (Å²) in [5, 5.41) is 0. The van der Waals surface area contributed by atoms with Crippen molar-refractivity contribution in [3.8, 4) is 0 Å². The van der Waals surface area contributed by atoms with E-state index < -0.39 is 5.54 Å². The second-order valence-electron chi connectivity index (χ2n) is 6.51. The lowest BCUT2D eigenvalue weighted by Crippen LogP contribution is -2.57. The number of hydrogen-bond donors (Lipinski definition) is 1. The van der Waals surface area contributed by atoms with Crippen molar-refractivity contribution in [1.29, 1.82) is 0 Å². The SMILES string of the molecule is CCC1(C)CCN(C(=O)C(C)(N)C2CC2)CC1. The monoisotopic (exact) mass is 238 g/mol. The van der Waals surface area contributed by atoms with Crippen LogP contribution in [0, 0.1) is 11.3 Å². The summed E-state index contributed by atoms with van der Waals surface area (Å²) in [6.45, 7) is 8.28. The number of nitrogens with zero attached hydrogens (tertiary/aromatic N) is 1. The van der Waals surface area contributed by atoms with Crippen LogP contribution in [-0.2, 0) is 4.79 Å². The van der Waals surface area contributed by atoms with Crippen LogP contribution in [0.5, 0.6) is 0 Å². The number of likely N-dealkylation sites (tertiary alicyclic amines) is 1. The minimum Gasteiger partial charge on any atom is -0.341 e. The molecule has 0 bridgehead atoms. The normalized spacial score (nSPS) is 27.6. The Kier molecular flexibility index (Phi) is 3.23. The fourth-order valence-electron chi connectivity index (χ4n) is 2.80. The molecular weight excluding hydrogens is 212 g/mol. The van der Waals surface area contributed by atoms with Gasteiger partial charge in [0.25, 0.3) is 0 Å². The van der Waals surface area contributed by atoms with Crippen LogP contribution in [0.2, 0.25) is 0 Å². The maximum Gasteiger partial charge on any atom is 0.242 e. The van der Waals surface area contributed by atoms with Crippen LogP contribution in [0.1, 0.15) is 52.9 Å². The topological polar surface area (TPSA) is 46.3 Å². The molecule has 1 saturated carbocycles. The molecule has 1 unspecified atom stereocenters. The van der Waals surface area contributed by atoms with E-state index in [0.29, 0.717) is 11.3 Å². The maximum absolute atomic E-state index is 12.4. The van der Waals surface area contributed by atoms with Crippen LogP contribution >= 0.6 is 0 Å². The third kappa shape index (κ3) is 2.49. The van der Waals surface area contributed by atoms with Gasteiger partial charge in [0, 0.05) is 13.1 Å². The third-order valence-electron chi connectivity index (χ3n) is 5.00. The summed E-state index contributed by atoms with van der Waals surface area (Å²) in [5.74, 6) is 0.604. The zero-order valence-corrected chi connectivity index (χ0v) is 11.5. The second kappa shape index (κ2) is 4.27. The molecule has 0 aromatic carbocycles. The van der Waals surface area contributed by atoms with Gasteiger partial charge < -0.3 is 10.6 Å². The van der Waals surface area contributed by atoms with Crippen LogP contribution < -0.4 is 5.73 Å². The van der Waals surface area contributed by atoms with Gasteiger partial charge >= 0.3 is 0 Å². The number of nitrogens with two attached hydrogens (primary N) is 1. The average molecular weight is 238 g/mol. The van der Waals surface area contributed by atoms with E-state index >= 15 is 0 Å². The van der Waals surface area contributed by atoms with Crippen LogP contribution in [0.4, 0.5) is 0 Å². The van der Waals surface area contributed by atoms with Crippen molar-refractivity contribution in [1.82, 2.24) is 4.90 Å². The summed E-state index contributed by atoms with van der Waals surface area (Å²) < 4.78 is 0. The summed E-state index contributed by atoms with van der Waals surface area (Å²) in [5.41, 5.74) is 6.03. The van der Waals surface area contributed by atoms with Gasteiger partial charge in [-0.25, -0.2) is 0 Å². The van der Waals surface area contributed by atoms with E-state index in [-0.39, 0.29) is 5.91 Å². The standard InChI is InChI=1S/C14H26N2O/c1-4-13(2)7-9-16(10-8-13)12(17)14(3,15)11-5-6-11/h11H,4-10,15H2,1-3H3. The fourth-order valence-corrected chi connectivity index (χ4v) is 2.80. The Morgan fingerprint density at radius 2 is 1.94 bits per heavy atom. The minimum absolute atomic E-state index is 0.179.